The second-order valence-electron chi connectivity index (χ2n) is 17.1. The molecular weight excluding hydrogens is 667 g/mol. The molecule has 0 fully saturated rings. The summed E-state index contributed by atoms with van der Waals surface area (Å²) in [5.41, 5.74) is 0. The van der Waals surface area contributed by atoms with Gasteiger partial charge in [-0.05, 0) is 19.3 Å². The lowest BCUT2D eigenvalue weighted by Gasteiger charge is -2.21. The highest BCUT2D eigenvalue weighted by atomic mass is 16.3. The van der Waals surface area contributed by atoms with Gasteiger partial charge < -0.3 is 20.6 Å². The maximum Gasteiger partial charge on any atom is 0.222 e. The first-order valence-electron chi connectivity index (χ1n) is 24.5. The molecule has 3 unspecified atom stereocenters. The predicted molar refractivity (Wildman–Crippen MR) is 236 cm³/mol. The Balaban J connectivity index is 3.50. The van der Waals surface area contributed by atoms with E-state index in [0.29, 0.717) is 6.42 Å². The minimum absolute atomic E-state index is 0.0189. The third-order valence-electron chi connectivity index (χ3n) is 11.6. The number of aliphatic hydroxyl groups is 3. The van der Waals surface area contributed by atoms with Gasteiger partial charge in [-0.1, -0.05) is 257 Å². The molecule has 0 aromatic heterocycles. The Morgan fingerprint density at radius 2 is 0.759 bits per heavy atom. The molecule has 0 aliphatic carbocycles. The molecule has 4 N–H and O–H groups in total. The van der Waals surface area contributed by atoms with Crippen molar-refractivity contribution in [1.29, 1.82) is 0 Å². The molecule has 5 nitrogen and oxygen atoms in total. The molecule has 0 heterocycles. The molecule has 1 amide bonds. The minimum atomic E-state index is -0.923. The zero-order valence-electron chi connectivity index (χ0n) is 36.6. The van der Waals surface area contributed by atoms with Crippen molar-refractivity contribution in [2.45, 2.75) is 289 Å². The Hall–Kier alpha value is -0.910. The zero-order chi connectivity index (χ0) is 39.4. The maximum atomic E-state index is 12.4. The summed E-state index contributed by atoms with van der Waals surface area (Å²) in [5.74, 6) is -0.311. The highest BCUT2D eigenvalue weighted by Gasteiger charge is 2.20. The normalized spacial score (nSPS) is 13.5. The molecule has 0 aliphatic rings. The second kappa shape index (κ2) is 44.8. The number of carbonyl (C=O) groups excluding carboxylic acids is 1. The van der Waals surface area contributed by atoms with E-state index in [1.807, 2.05) is 6.08 Å². The lowest BCUT2D eigenvalue weighted by Crippen LogP contribution is -2.45. The molecule has 54 heavy (non-hydrogen) atoms. The van der Waals surface area contributed by atoms with Crippen LogP contribution in [0.1, 0.15) is 271 Å². The van der Waals surface area contributed by atoms with E-state index in [-0.39, 0.29) is 18.9 Å². The van der Waals surface area contributed by atoms with Gasteiger partial charge in [-0.2, -0.15) is 0 Å². The highest BCUT2D eigenvalue weighted by molar-refractivity contribution is 5.76. The van der Waals surface area contributed by atoms with Crippen LogP contribution in [0.25, 0.3) is 0 Å². The van der Waals surface area contributed by atoms with Gasteiger partial charge in [0.15, 0.2) is 0 Å². The van der Waals surface area contributed by atoms with Crippen LogP contribution in [0.4, 0.5) is 0 Å². The van der Waals surface area contributed by atoms with E-state index in [1.165, 1.54) is 218 Å². The van der Waals surface area contributed by atoms with Gasteiger partial charge in [0.05, 0.1) is 31.3 Å². The SMILES string of the molecule is CCCCCCCCCCCC/C=C/C(O)C(CO)NC(=O)CC(O)CCCCCCCCCCCCCCCCCCCCCCCCCCCCC. The van der Waals surface area contributed by atoms with E-state index in [0.717, 1.165) is 25.7 Å². The molecule has 0 aromatic carbocycles. The number of carbonyl (C=O) groups is 1. The molecule has 0 radical (unpaired) electrons. The number of hydrogen-bond acceptors (Lipinski definition) is 4. The molecular formula is C49H97NO4. The summed E-state index contributed by atoms with van der Waals surface area (Å²) < 4.78 is 0. The molecule has 0 bridgehead atoms. The quantitative estimate of drug-likeness (QED) is 0.0367. The minimum Gasteiger partial charge on any atom is -0.394 e. The number of nitrogens with one attached hydrogen (secondary N) is 1. The van der Waals surface area contributed by atoms with Crippen molar-refractivity contribution in [2.24, 2.45) is 0 Å². The second-order valence-corrected chi connectivity index (χ2v) is 17.1. The number of aliphatic hydroxyl groups excluding tert-OH is 3. The smallest absolute Gasteiger partial charge is 0.222 e. The van der Waals surface area contributed by atoms with Crippen molar-refractivity contribution < 1.29 is 20.1 Å². The molecule has 0 spiro atoms. The van der Waals surface area contributed by atoms with Crippen LogP contribution in [0.5, 0.6) is 0 Å². The molecule has 3 atom stereocenters. The van der Waals surface area contributed by atoms with Gasteiger partial charge in [0.25, 0.3) is 0 Å². The maximum absolute atomic E-state index is 12.4. The average Bonchev–Trinajstić information content (AvgIpc) is 3.16. The van der Waals surface area contributed by atoms with Crippen LogP contribution in [0, 0.1) is 0 Å². The summed E-state index contributed by atoms with van der Waals surface area (Å²) in [4.78, 5) is 12.4. The van der Waals surface area contributed by atoms with E-state index in [9.17, 15) is 20.1 Å². The van der Waals surface area contributed by atoms with Crippen LogP contribution < -0.4 is 5.32 Å². The van der Waals surface area contributed by atoms with Crippen molar-refractivity contribution in [3.8, 4) is 0 Å². The fraction of sp³-hybridized carbons (Fsp3) is 0.939. The number of amides is 1. The third-order valence-corrected chi connectivity index (χ3v) is 11.6. The van der Waals surface area contributed by atoms with Crippen LogP contribution in [0.3, 0.4) is 0 Å². The number of hydrogen-bond donors (Lipinski definition) is 4. The van der Waals surface area contributed by atoms with Gasteiger partial charge in [-0.3, -0.25) is 4.79 Å². The Bertz CT molecular complexity index is 758. The van der Waals surface area contributed by atoms with Gasteiger partial charge in [0.1, 0.15) is 0 Å². The van der Waals surface area contributed by atoms with E-state index < -0.39 is 18.2 Å². The Morgan fingerprint density at radius 1 is 0.463 bits per heavy atom. The summed E-state index contributed by atoms with van der Waals surface area (Å²) in [6.07, 6.45) is 53.8. The third kappa shape index (κ3) is 40.7. The Kier molecular flexibility index (Phi) is 44.0. The van der Waals surface area contributed by atoms with Crippen molar-refractivity contribution in [3.05, 3.63) is 12.2 Å². The van der Waals surface area contributed by atoms with Crippen LogP contribution in [0.2, 0.25) is 0 Å². The first kappa shape index (κ1) is 53.1. The molecule has 0 saturated carbocycles. The van der Waals surface area contributed by atoms with Gasteiger partial charge in [0, 0.05) is 0 Å². The largest absolute Gasteiger partial charge is 0.394 e. The van der Waals surface area contributed by atoms with Crippen LogP contribution in [-0.2, 0) is 4.79 Å². The van der Waals surface area contributed by atoms with Crippen molar-refractivity contribution in [3.63, 3.8) is 0 Å². The predicted octanol–water partition coefficient (Wildman–Crippen LogP) is 14.4. The van der Waals surface area contributed by atoms with E-state index in [2.05, 4.69) is 19.2 Å². The molecule has 0 saturated heterocycles. The fourth-order valence-electron chi connectivity index (χ4n) is 7.81. The van der Waals surface area contributed by atoms with Crippen LogP contribution >= 0.6 is 0 Å². The first-order chi connectivity index (χ1) is 26.5. The van der Waals surface area contributed by atoms with Gasteiger partial charge >= 0.3 is 0 Å². The zero-order valence-corrected chi connectivity index (χ0v) is 36.6. The Morgan fingerprint density at radius 3 is 1.07 bits per heavy atom. The average molecular weight is 764 g/mol. The molecule has 0 aliphatic heterocycles. The van der Waals surface area contributed by atoms with Crippen molar-refractivity contribution >= 4 is 5.91 Å². The molecule has 5 heteroatoms. The number of unbranched alkanes of at least 4 members (excludes halogenated alkanes) is 36. The Labute approximate surface area is 338 Å². The highest BCUT2D eigenvalue weighted by Crippen LogP contribution is 2.17. The first-order valence-corrected chi connectivity index (χ1v) is 24.5. The van der Waals surface area contributed by atoms with Crippen LogP contribution in [-0.4, -0.2) is 46.1 Å². The molecule has 0 aromatic rings. The lowest BCUT2D eigenvalue weighted by molar-refractivity contribution is -0.124. The summed E-state index contributed by atoms with van der Waals surface area (Å²) in [7, 11) is 0. The van der Waals surface area contributed by atoms with E-state index in [1.54, 1.807) is 6.08 Å². The number of rotatable bonds is 45. The van der Waals surface area contributed by atoms with Gasteiger partial charge in [-0.25, -0.2) is 0 Å². The number of allylic oxidation sites excluding steroid dienone is 1. The molecule has 0 rings (SSSR count). The van der Waals surface area contributed by atoms with Crippen molar-refractivity contribution in [2.75, 3.05) is 6.61 Å². The molecule has 322 valence electrons. The summed E-state index contributed by atoms with van der Waals surface area (Å²) >= 11 is 0. The summed E-state index contributed by atoms with van der Waals surface area (Å²) in [6.45, 7) is 4.22. The fourth-order valence-corrected chi connectivity index (χ4v) is 7.81. The monoisotopic (exact) mass is 764 g/mol. The van der Waals surface area contributed by atoms with E-state index >= 15 is 0 Å². The topological polar surface area (TPSA) is 89.8 Å². The standard InChI is InChI=1S/C49H97NO4/c1-3-5-7-9-11-13-15-17-18-19-20-21-22-23-24-25-26-27-28-29-30-31-32-34-36-38-40-42-46(52)44-49(54)50-47(45-51)48(53)43-41-39-37-35-33-16-14-12-10-8-6-4-2/h41,43,46-48,51-53H,3-40,42,44-45H2,1-2H3,(H,50,54)/b43-41+. The summed E-state index contributed by atoms with van der Waals surface area (Å²) in [6, 6.07) is -0.739. The van der Waals surface area contributed by atoms with Gasteiger partial charge in [-0.15, -0.1) is 0 Å². The van der Waals surface area contributed by atoms with Crippen molar-refractivity contribution in [1.82, 2.24) is 5.32 Å². The van der Waals surface area contributed by atoms with Gasteiger partial charge in [0.2, 0.25) is 5.91 Å². The van der Waals surface area contributed by atoms with E-state index in [4.69, 9.17) is 0 Å². The lowest BCUT2D eigenvalue weighted by atomic mass is 10.0. The van der Waals surface area contributed by atoms with Crippen LogP contribution in [0.15, 0.2) is 12.2 Å². The summed E-state index contributed by atoms with van der Waals surface area (Å²) in [5, 5.41) is 33.2.